The number of hydrogen-bond donors (Lipinski definition) is 1. The summed E-state index contributed by atoms with van der Waals surface area (Å²) in [4.78, 5) is 26.3. The zero-order valence-electron chi connectivity index (χ0n) is 15.8. The largest absolute Gasteiger partial charge is 0.465 e. The van der Waals surface area contributed by atoms with Gasteiger partial charge in [-0.25, -0.2) is 4.79 Å². The molecule has 140 valence electrons. The van der Waals surface area contributed by atoms with Crippen molar-refractivity contribution in [1.82, 2.24) is 0 Å². The number of amides is 1. The Morgan fingerprint density at radius 1 is 1.15 bits per heavy atom. The van der Waals surface area contributed by atoms with Gasteiger partial charge in [0.1, 0.15) is 10.6 Å². The minimum Gasteiger partial charge on any atom is -0.465 e. The van der Waals surface area contributed by atoms with E-state index in [1.807, 2.05) is 32.9 Å². The second-order valence-corrected chi connectivity index (χ2v) is 8.10. The summed E-state index contributed by atoms with van der Waals surface area (Å²) in [6, 6.07) is 3.99. The fraction of sp³-hybridized carbons (Fsp3) is 0.333. The molecule has 1 aromatic carbocycles. The summed E-state index contributed by atoms with van der Waals surface area (Å²) >= 11 is 1.46. The van der Waals surface area contributed by atoms with Gasteiger partial charge in [-0.2, -0.15) is 0 Å². The molecule has 1 aliphatic carbocycles. The summed E-state index contributed by atoms with van der Waals surface area (Å²) in [6.07, 6.45) is 2.80. The van der Waals surface area contributed by atoms with Crippen LogP contribution in [0.2, 0.25) is 0 Å². The average molecular weight is 383 g/mol. The minimum atomic E-state index is -0.405. The van der Waals surface area contributed by atoms with E-state index in [2.05, 4.69) is 5.32 Å². The standard InChI is InChI=1S/C21H21NO4S/c1-10-8-14-12(3)18(26-15(14)9-11(10)2)19(23)22-20-17(21(24)25-4)13-6-5-7-16(13)27-20/h8-9H,5-7H2,1-4H3,(H,22,23). The molecule has 0 unspecified atom stereocenters. The van der Waals surface area contributed by atoms with Crippen molar-refractivity contribution < 1.29 is 18.7 Å². The lowest BCUT2D eigenvalue weighted by molar-refractivity contribution is 0.0601. The predicted molar refractivity (Wildman–Crippen MR) is 106 cm³/mol. The Morgan fingerprint density at radius 3 is 2.63 bits per heavy atom. The van der Waals surface area contributed by atoms with Gasteiger partial charge in [-0.3, -0.25) is 4.79 Å². The van der Waals surface area contributed by atoms with Gasteiger partial charge in [-0.15, -0.1) is 11.3 Å². The molecule has 4 rings (SSSR count). The van der Waals surface area contributed by atoms with E-state index in [-0.39, 0.29) is 11.7 Å². The summed E-state index contributed by atoms with van der Waals surface area (Å²) in [7, 11) is 1.36. The van der Waals surface area contributed by atoms with Gasteiger partial charge >= 0.3 is 5.97 Å². The Morgan fingerprint density at radius 2 is 1.89 bits per heavy atom. The summed E-state index contributed by atoms with van der Waals surface area (Å²) in [6.45, 7) is 5.93. The van der Waals surface area contributed by atoms with Gasteiger partial charge < -0.3 is 14.5 Å². The van der Waals surface area contributed by atoms with Crippen molar-refractivity contribution in [2.75, 3.05) is 12.4 Å². The number of furan rings is 1. The zero-order valence-corrected chi connectivity index (χ0v) is 16.6. The highest BCUT2D eigenvalue weighted by molar-refractivity contribution is 7.17. The van der Waals surface area contributed by atoms with E-state index in [9.17, 15) is 9.59 Å². The van der Waals surface area contributed by atoms with Crippen molar-refractivity contribution >= 4 is 39.2 Å². The Balaban J connectivity index is 1.72. The van der Waals surface area contributed by atoms with E-state index in [1.165, 1.54) is 18.4 Å². The van der Waals surface area contributed by atoms with Crippen LogP contribution in [-0.4, -0.2) is 19.0 Å². The Bertz CT molecular complexity index is 1090. The number of esters is 1. The second-order valence-electron chi connectivity index (χ2n) is 7.00. The lowest BCUT2D eigenvalue weighted by atomic mass is 10.0. The molecule has 6 heteroatoms. The van der Waals surface area contributed by atoms with E-state index >= 15 is 0 Å². The van der Waals surface area contributed by atoms with Crippen molar-refractivity contribution in [3.8, 4) is 0 Å². The summed E-state index contributed by atoms with van der Waals surface area (Å²) in [5, 5.41) is 4.37. The van der Waals surface area contributed by atoms with E-state index in [4.69, 9.17) is 9.15 Å². The summed E-state index contributed by atoms with van der Waals surface area (Å²) < 4.78 is 10.8. The molecular weight excluding hydrogens is 362 g/mol. The predicted octanol–water partition coefficient (Wildman–Crippen LogP) is 4.95. The zero-order chi connectivity index (χ0) is 19.3. The van der Waals surface area contributed by atoms with E-state index in [0.717, 1.165) is 51.8 Å². The molecule has 1 N–H and O–H groups in total. The number of hydrogen-bond acceptors (Lipinski definition) is 5. The Kier molecular flexibility index (Phi) is 4.30. The quantitative estimate of drug-likeness (QED) is 0.650. The number of methoxy groups -OCH3 is 1. The molecule has 3 aromatic rings. The van der Waals surface area contributed by atoms with Gasteiger partial charge in [0.05, 0.1) is 12.7 Å². The number of thiophene rings is 1. The number of carbonyl (C=O) groups is 2. The topological polar surface area (TPSA) is 68.5 Å². The maximum absolute atomic E-state index is 12.9. The molecular formula is C21H21NO4S. The van der Waals surface area contributed by atoms with Crippen LogP contribution < -0.4 is 5.32 Å². The van der Waals surface area contributed by atoms with Crippen molar-refractivity contribution in [2.45, 2.75) is 40.0 Å². The van der Waals surface area contributed by atoms with E-state index < -0.39 is 5.97 Å². The summed E-state index contributed by atoms with van der Waals surface area (Å²) in [5.41, 5.74) is 5.27. The van der Waals surface area contributed by atoms with Crippen LogP contribution in [0.25, 0.3) is 11.0 Å². The number of anilines is 1. The lowest BCUT2D eigenvalue weighted by Gasteiger charge is -2.06. The molecule has 2 heterocycles. The molecule has 0 radical (unpaired) electrons. The molecule has 0 fully saturated rings. The molecule has 5 nitrogen and oxygen atoms in total. The number of nitrogens with one attached hydrogen (secondary N) is 1. The number of fused-ring (bicyclic) bond motifs is 2. The van der Waals surface area contributed by atoms with E-state index in [0.29, 0.717) is 16.1 Å². The highest BCUT2D eigenvalue weighted by Crippen LogP contribution is 2.40. The summed E-state index contributed by atoms with van der Waals surface area (Å²) in [5.74, 6) is -0.472. The van der Waals surface area contributed by atoms with E-state index in [1.54, 1.807) is 0 Å². The number of aryl methyl sites for hydroxylation is 4. The van der Waals surface area contributed by atoms with Crippen LogP contribution in [0.15, 0.2) is 16.5 Å². The third-order valence-electron chi connectivity index (χ3n) is 5.30. The maximum atomic E-state index is 12.9. The van der Waals surface area contributed by atoms with Gasteiger partial charge in [0.15, 0.2) is 5.76 Å². The fourth-order valence-electron chi connectivity index (χ4n) is 3.66. The normalized spacial score (nSPS) is 13.0. The van der Waals surface area contributed by atoms with Gasteiger partial charge in [-0.05, 0) is 68.9 Å². The van der Waals surface area contributed by atoms with Crippen molar-refractivity contribution in [3.63, 3.8) is 0 Å². The van der Waals surface area contributed by atoms with Crippen LogP contribution in [-0.2, 0) is 17.6 Å². The third kappa shape index (κ3) is 2.84. The van der Waals surface area contributed by atoms with Crippen molar-refractivity contribution in [2.24, 2.45) is 0 Å². The molecule has 0 saturated carbocycles. The molecule has 1 aliphatic rings. The minimum absolute atomic E-state index is 0.277. The van der Waals surface area contributed by atoms with Crippen LogP contribution in [0, 0.1) is 20.8 Å². The van der Waals surface area contributed by atoms with Crippen molar-refractivity contribution in [1.29, 1.82) is 0 Å². The average Bonchev–Trinajstić information content (AvgIpc) is 3.29. The lowest BCUT2D eigenvalue weighted by Crippen LogP contribution is -2.14. The van der Waals surface area contributed by atoms with Crippen molar-refractivity contribution in [3.05, 3.63) is 50.6 Å². The van der Waals surface area contributed by atoms with Crippen LogP contribution in [0.5, 0.6) is 0 Å². The van der Waals surface area contributed by atoms with Crippen LogP contribution in [0.3, 0.4) is 0 Å². The van der Waals surface area contributed by atoms with Crippen LogP contribution in [0.4, 0.5) is 5.00 Å². The smallest absolute Gasteiger partial charge is 0.341 e. The molecule has 0 bridgehead atoms. The SMILES string of the molecule is COC(=O)c1c(NC(=O)c2oc3cc(C)c(C)cc3c2C)sc2c1CCC2. The first-order valence-corrected chi connectivity index (χ1v) is 9.77. The molecule has 0 spiro atoms. The van der Waals surface area contributed by atoms with Gasteiger partial charge in [0.2, 0.25) is 0 Å². The Labute approximate surface area is 161 Å². The Hall–Kier alpha value is -2.60. The molecule has 0 saturated heterocycles. The van der Waals surface area contributed by atoms with Gasteiger partial charge in [0.25, 0.3) is 5.91 Å². The van der Waals surface area contributed by atoms with Crippen LogP contribution in [0.1, 0.15) is 54.5 Å². The first kappa shape index (κ1) is 17.8. The highest BCUT2D eigenvalue weighted by atomic mass is 32.1. The molecule has 2 aromatic heterocycles. The first-order valence-electron chi connectivity index (χ1n) is 8.95. The molecule has 0 atom stereocenters. The highest BCUT2D eigenvalue weighted by Gasteiger charge is 2.29. The third-order valence-corrected chi connectivity index (χ3v) is 6.50. The molecule has 1 amide bonds. The second kappa shape index (κ2) is 6.53. The number of rotatable bonds is 3. The first-order chi connectivity index (χ1) is 12.9. The fourth-order valence-corrected chi connectivity index (χ4v) is 4.94. The van der Waals surface area contributed by atoms with Gasteiger partial charge in [-0.1, -0.05) is 0 Å². The number of ether oxygens (including phenoxy) is 1. The molecule has 0 aliphatic heterocycles. The van der Waals surface area contributed by atoms with Crippen LogP contribution >= 0.6 is 11.3 Å². The monoisotopic (exact) mass is 383 g/mol. The molecule has 27 heavy (non-hydrogen) atoms. The number of carbonyl (C=O) groups excluding carboxylic acids is 2. The number of benzene rings is 1. The maximum Gasteiger partial charge on any atom is 0.341 e. The van der Waals surface area contributed by atoms with Gasteiger partial charge in [0, 0.05) is 15.8 Å².